The Morgan fingerprint density at radius 2 is 1.76 bits per heavy atom. The number of benzene rings is 2. The van der Waals surface area contributed by atoms with Gasteiger partial charge in [-0.15, -0.1) is 0 Å². The number of aryl methyl sites for hydroxylation is 4. The smallest absolute Gasteiger partial charge is 0.262 e. The minimum Gasteiger partial charge on any atom is -0.368 e. The van der Waals surface area contributed by atoms with Gasteiger partial charge in [0.25, 0.3) is 15.9 Å². The van der Waals surface area contributed by atoms with Crippen LogP contribution in [0.15, 0.2) is 41.4 Å². The molecular formula is C24H27N5O3S. The summed E-state index contributed by atoms with van der Waals surface area (Å²) in [7, 11) is -3.83. The van der Waals surface area contributed by atoms with Crippen molar-refractivity contribution in [3.05, 3.63) is 75.6 Å². The number of nitrogens with one attached hydrogen (secondary N) is 1. The van der Waals surface area contributed by atoms with Crippen LogP contribution in [0.4, 0.5) is 11.6 Å². The summed E-state index contributed by atoms with van der Waals surface area (Å²) < 4.78 is 29.1. The van der Waals surface area contributed by atoms with Crippen LogP contribution >= 0.6 is 0 Å². The van der Waals surface area contributed by atoms with Gasteiger partial charge in [0, 0.05) is 36.8 Å². The lowest BCUT2D eigenvalue weighted by molar-refractivity contribution is 0.0733. The number of sulfonamides is 1. The molecule has 1 amide bonds. The maximum Gasteiger partial charge on any atom is 0.262 e. The lowest BCUT2D eigenvalue weighted by Crippen LogP contribution is -2.36. The molecule has 0 radical (unpaired) electrons. The number of nitrogen functional groups attached to an aromatic ring is 1. The lowest BCUT2D eigenvalue weighted by Gasteiger charge is -2.28. The van der Waals surface area contributed by atoms with E-state index in [0.29, 0.717) is 41.9 Å². The summed E-state index contributed by atoms with van der Waals surface area (Å²) in [4.78, 5) is 23.4. The lowest BCUT2D eigenvalue weighted by atomic mass is 10.0. The molecular weight excluding hydrogens is 438 g/mol. The summed E-state index contributed by atoms with van der Waals surface area (Å²) in [5.41, 5.74) is 11.3. The number of amides is 1. The molecule has 0 saturated carbocycles. The first kappa shape index (κ1) is 22.7. The number of aromatic nitrogens is 2. The van der Waals surface area contributed by atoms with Gasteiger partial charge in [-0.2, -0.15) is 0 Å². The van der Waals surface area contributed by atoms with Crippen LogP contribution in [0.25, 0.3) is 0 Å². The highest BCUT2D eigenvalue weighted by Crippen LogP contribution is 2.27. The van der Waals surface area contributed by atoms with Crippen molar-refractivity contribution in [2.24, 2.45) is 0 Å². The van der Waals surface area contributed by atoms with E-state index in [0.717, 1.165) is 22.4 Å². The molecule has 0 spiro atoms. The molecule has 1 aliphatic rings. The molecule has 4 rings (SSSR count). The van der Waals surface area contributed by atoms with Crippen molar-refractivity contribution in [1.29, 1.82) is 0 Å². The Balaban J connectivity index is 1.61. The fourth-order valence-electron chi connectivity index (χ4n) is 4.34. The Bertz CT molecular complexity index is 1350. The van der Waals surface area contributed by atoms with Crippen LogP contribution in [-0.4, -0.2) is 35.7 Å². The van der Waals surface area contributed by atoms with Gasteiger partial charge in [-0.25, -0.2) is 18.4 Å². The van der Waals surface area contributed by atoms with E-state index >= 15 is 0 Å². The zero-order valence-electron chi connectivity index (χ0n) is 19.1. The standard InChI is InChI=1S/C24H27N5O3S/c1-14-9-16(3)22(17(4)10-14)33(31,32)28-21-11-18(6-5-15(21)2)23(30)29-8-7-20-19(13-29)12-26-24(25)27-20/h5-6,9-12,28H,7-8,13H2,1-4H3,(H2,25,26,27). The van der Waals surface area contributed by atoms with E-state index in [4.69, 9.17) is 5.73 Å². The van der Waals surface area contributed by atoms with Crippen LogP contribution in [0.3, 0.4) is 0 Å². The van der Waals surface area contributed by atoms with E-state index in [1.165, 1.54) is 0 Å². The van der Waals surface area contributed by atoms with Crippen molar-refractivity contribution in [2.75, 3.05) is 17.0 Å². The van der Waals surface area contributed by atoms with Crippen LogP contribution in [0.1, 0.15) is 43.9 Å². The van der Waals surface area contributed by atoms with Crippen molar-refractivity contribution in [3.63, 3.8) is 0 Å². The Morgan fingerprint density at radius 1 is 1.06 bits per heavy atom. The molecule has 0 unspecified atom stereocenters. The maximum absolute atomic E-state index is 13.2. The maximum atomic E-state index is 13.2. The first-order valence-electron chi connectivity index (χ1n) is 10.7. The highest BCUT2D eigenvalue weighted by atomic mass is 32.2. The highest BCUT2D eigenvalue weighted by Gasteiger charge is 2.25. The summed E-state index contributed by atoms with van der Waals surface area (Å²) >= 11 is 0. The number of nitrogens with two attached hydrogens (primary N) is 1. The van der Waals surface area contributed by atoms with Crippen LogP contribution in [-0.2, 0) is 23.0 Å². The number of anilines is 2. The quantitative estimate of drug-likeness (QED) is 0.610. The van der Waals surface area contributed by atoms with Gasteiger partial charge in [0.2, 0.25) is 5.95 Å². The van der Waals surface area contributed by atoms with Crippen LogP contribution < -0.4 is 10.5 Å². The van der Waals surface area contributed by atoms with Gasteiger partial charge in [-0.1, -0.05) is 23.8 Å². The van der Waals surface area contributed by atoms with Crippen LogP contribution in [0.5, 0.6) is 0 Å². The van der Waals surface area contributed by atoms with Gasteiger partial charge in [-0.3, -0.25) is 9.52 Å². The average molecular weight is 466 g/mol. The van der Waals surface area contributed by atoms with Crippen LogP contribution in [0, 0.1) is 27.7 Å². The minimum atomic E-state index is -3.83. The number of hydrogen-bond acceptors (Lipinski definition) is 6. The molecule has 172 valence electrons. The number of rotatable bonds is 4. The van der Waals surface area contributed by atoms with Gasteiger partial charge in [-0.05, 0) is 56.5 Å². The second-order valence-electron chi connectivity index (χ2n) is 8.54. The second-order valence-corrected chi connectivity index (χ2v) is 10.2. The second kappa shape index (κ2) is 8.47. The van der Waals surface area contributed by atoms with Crippen molar-refractivity contribution < 1.29 is 13.2 Å². The van der Waals surface area contributed by atoms with E-state index in [1.807, 2.05) is 19.1 Å². The first-order valence-corrected chi connectivity index (χ1v) is 12.1. The summed E-state index contributed by atoms with van der Waals surface area (Å²) in [6.45, 7) is 8.19. The zero-order chi connectivity index (χ0) is 23.9. The fraction of sp³-hybridized carbons (Fsp3) is 0.292. The Hall–Kier alpha value is -3.46. The summed E-state index contributed by atoms with van der Waals surface area (Å²) in [6.07, 6.45) is 2.24. The summed E-state index contributed by atoms with van der Waals surface area (Å²) in [5.74, 6) is 0.0451. The van der Waals surface area contributed by atoms with Crippen molar-refractivity contribution in [2.45, 2.75) is 45.6 Å². The third-order valence-electron chi connectivity index (χ3n) is 5.84. The van der Waals surface area contributed by atoms with Crippen molar-refractivity contribution in [3.8, 4) is 0 Å². The Kier molecular flexibility index (Phi) is 5.84. The van der Waals surface area contributed by atoms with Gasteiger partial charge >= 0.3 is 0 Å². The molecule has 1 aliphatic heterocycles. The molecule has 0 atom stereocenters. The van der Waals surface area contributed by atoms with Crippen molar-refractivity contribution >= 4 is 27.6 Å². The Morgan fingerprint density at radius 3 is 2.45 bits per heavy atom. The van der Waals surface area contributed by atoms with Crippen LogP contribution in [0.2, 0.25) is 0 Å². The molecule has 0 bridgehead atoms. The number of hydrogen-bond donors (Lipinski definition) is 2. The van der Waals surface area contributed by atoms with Gasteiger partial charge in [0.05, 0.1) is 16.3 Å². The summed E-state index contributed by atoms with van der Waals surface area (Å²) in [6, 6.07) is 8.76. The number of fused-ring (bicyclic) bond motifs is 1. The van der Waals surface area contributed by atoms with E-state index in [-0.39, 0.29) is 16.8 Å². The number of nitrogens with zero attached hydrogens (tertiary/aromatic N) is 3. The summed E-state index contributed by atoms with van der Waals surface area (Å²) in [5, 5.41) is 0. The monoisotopic (exact) mass is 465 g/mol. The predicted octanol–water partition coefficient (Wildman–Crippen LogP) is 3.29. The van der Waals surface area contributed by atoms with Gasteiger partial charge in [0.15, 0.2) is 0 Å². The van der Waals surface area contributed by atoms with E-state index in [9.17, 15) is 13.2 Å². The largest absolute Gasteiger partial charge is 0.368 e. The normalized spacial score (nSPS) is 13.5. The topological polar surface area (TPSA) is 118 Å². The third kappa shape index (κ3) is 4.54. The molecule has 9 heteroatoms. The predicted molar refractivity (Wildman–Crippen MR) is 128 cm³/mol. The molecule has 0 fully saturated rings. The number of carbonyl (C=O) groups excluding carboxylic acids is 1. The zero-order valence-corrected chi connectivity index (χ0v) is 20.0. The average Bonchev–Trinajstić information content (AvgIpc) is 2.73. The number of carbonyl (C=O) groups is 1. The molecule has 3 N–H and O–H groups in total. The SMILES string of the molecule is Cc1cc(C)c(S(=O)(=O)Nc2cc(C(=O)N3CCc4nc(N)ncc4C3)ccc2C)c(C)c1. The van der Waals surface area contributed by atoms with E-state index < -0.39 is 10.0 Å². The molecule has 2 aromatic carbocycles. The van der Waals surface area contributed by atoms with E-state index in [2.05, 4.69) is 14.7 Å². The Labute approximate surface area is 193 Å². The molecule has 3 aromatic rings. The fourth-order valence-corrected chi connectivity index (χ4v) is 5.92. The molecule has 0 aliphatic carbocycles. The molecule has 8 nitrogen and oxygen atoms in total. The molecule has 2 heterocycles. The molecule has 33 heavy (non-hydrogen) atoms. The van der Waals surface area contributed by atoms with Gasteiger partial charge < -0.3 is 10.6 Å². The van der Waals surface area contributed by atoms with Crippen molar-refractivity contribution in [1.82, 2.24) is 14.9 Å². The molecule has 0 saturated heterocycles. The minimum absolute atomic E-state index is 0.180. The first-order chi connectivity index (χ1) is 15.5. The van der Waals surface area contributed by atoms with Gasteiger partial charge in [0.1, 0.15) is 0 Å². The highest BCUT2D eigenvalue weighted by molar-refractivity contribution is 7.92. The van der Waals surface area contributed by atoms with E-state index in [1.54, 1.807) is 50.1 Å². The third-order valence-corrected chi connectivity index (χ3v) is 7.51. The molecule has 1 aromatic heterocycles.